The molecule has 0 aliphatic heterocycles. The number of thiophene rings is 1. The fourth-order valence-electron chi connectivity index (χ4n) is 2.44. The summed E-state index contributed by atoms with van der Waals surface area (Å²) in [5.41, 5.74) is 2.36. The molecule has 0 radical (unpaired) electrons. The van der Waals surface area contributed by atoms with Gasteiger partial charge in [0.05, 0.1) is 6.54 Å². The summed E-state index contributed by atoms with van der Waals surface area (Å²) in [6, 6.07) is 9.85. The number of halogens is 1. The van der Waals surface area contributed by atoms with Gasteiger partial charge in [-0.15, -0.1) is 24.0 Å². The van der Waals surface area contributed by atoms with E-state index in [1.807, 2.05) is 24.3 Å². The molecule has 1 aromatic carbocycles. The van der Waals surface area contributed by atoms with Crippen LogP contribution in [0.1, 0.15) is 30.9 Å². The van der Waals surface area contributed by atoms with Gasteiger partial charge >= 0.3 is 0 Å². The van der Waals surface area contributed by atoms with Crippen LogP contribution in [0.3, 0.4) is 0 Å². The van der Waals surface area contributed by atoms with Crippen molar-refractivity contribution in [1.82, 2.24) is 15.5 Å². The number of hydrogen-bond acceptors (Lipinski definition) is 4. The zero-order chi connectivity index (χ0) is 20.4. The van der Waals surface area contributed by atoms with E-state index in [0.29, 0.717) is 18.2 Å². The molecule has 2 rings (SSSR count). The minimum Gasteiger partial charge on any atom is -0.484 e. The molecule has 1 aromatic heterocycles. The number of nitrogens with one attached hydrogen (secondary N) is 2. The van der Waals surface area contributed by atoms with E-state index in [1.165, 1.54) is 10.5 Å². The van der Waals surface area contributed by atoms with Gasteiger partial charge in [0.2, 0.25) is 0 Å². The SMILES string of the molecule is CCNC(=NCc1cccc(OCC(=O)N(C)C)c1)NCC(C)c1ccsc1.I. The Bertz CT molecular complexity index is 766. The van der Waals surface area contributed by atoms with Crippen LogP contribution in [-0.4, -0.2) is 50.6 Å². The average Bonchev–Trinajstić information content (AvgIpc) is 3.23. The Kier molecular flexibility index (Phi) is 11.7. The maximum atomic E-state index is 11.7. The summed E-state index contributed by atoms with van der Waals surface area (Å²) in [5, 5.41) is 11.0. The van der Waals surface area contributed by atoms with Gasteiger partial charge in [-0.3, -0.25) is 4.79 Å². The van der Waals surface area contributed by atoms with Gasteiger partial charge in [0, 0.05) is 27.2 Å². The van der Waals surface area contributed by atoms with Crippen LogP contribution < -0.4 is 15.4 Å². The number of hydrogen-bond donors (Lipinski definition) is 2. The topological polar surface area (TPSA) is 66.0 Å². The summed E-state index contributed by atoms with van der Waals surface area (Å²) < 4.78 is 5.57. The standard InChI is InChI=1S/C21H30N4O2S.HI/c1-5-22-21(23-12-16(2)18-9-10-28-15-18)24-13-17-7-6-8-19(11-17)27-14-20(26)25(3)4;/h6-11,15-16H,5,12-14H2,1-4H3,(H2,22,23,24);1H. The Hall–Kier alpha value is -1.81. The number of likely N-dealkylation sites (N-methyl/N-ethyl adjacent to an activating group) is 1. The monoisotopic (exact) mass is 530 g/mol. The summed E-state index contributed by atoms with van der Waals surface area (Å²) in [5.74, 6) is 1.81. The Morgan fingerprint density at radius 2 is 2.07 bits per heavy atom. The zero-order valence-corrected chi connectivity index (χ0v) is 20.6. The summed E-state index contributed by atoms with van der Waals surface area (Å²) in [6.07, 6.45) is 0. The molecule has 2 N–H and O–H groups in total. The lowest BCUT2D eigenvalue weighted by Gasteiger charge is -2.15. The van der Waals surface area contributed by atoms with E-state index in [2.05, 4.69) is 46.3 Å². The summed E-state index contributed by atoms with van der Waals surface area (Å²) in [4.78, 5) is 17.8. The lowest BCUT2D eigenvalue weighted by molar-refractivity contribution is -0.130. The number of aliphatic imine (C=N–C) groups is 1. The van der Waals surface area contributed by atoms with Crippen LogP contribution in [0, 0.1) is 0 Å². The molecule has 1 heterocycles. The third-order valence-electron chi connectivity index (χ3n) is 4.21. The van der Waals surface area contributed by atoms with Gasteiger partial charge in [-0.2, -0.15) is 11.3 Å². The van der Waals surface area contributed by atoms with Crippen molar-refractivity contribution in [3.8, 4) is 5.75 Å². The molecule has 160 valence electrons. The second-order valence-electron chi connectivity index (χ2n) is 6.76. The van der Waals surface area contributed by atoms with Gasteiger partial charge in [-0.25, -0.2) is 4.99 Å². The smallest absolute Gasteiger partial charge is 0.259 e. The minimum absolute atomic E-state index is 0. The van der Waals surface area contributed by atoms with Gasteiger partial charge < -0.3 is 20.3 Å². The number of rotatable bonds is 9. The molecule has 6 nitrogen and oxygen atoms in total. The average molecular weight is 530 g/mol. The Morgan fingerprint density at radius 1 is 1.28 bits per heavy atom. The molecule has 2 aromatic rings. The predicted molar refractivity (Wildman–Crippen MR) is 132 cm³/mol. The van der Waals surface area contributed by atoms with Crippen LogP contribution in [0.5, 0.6) is 5.75 Å². The Labute approximate surface area is 194 Å². The lowest BCUT2D eigenvalue weighted by Crippen LogP contribution is -2.39. The normalized spacial score (nSPS) is 11.9. The highest BCUT2D eigenvalue weighted by molar-refractivity contribution is 14.0. The van der Waals surface area contributed by atoms with Gasteiger partial charge in [0.15, 0.2) is 12.6 Å². The van der Waals surface area contributed by atoms with E-state index < -0.39 is 0 Å². The largest absolute Gasteiger partial charge is 0.484 e. The molecule has 1 amide bonds. The Balaban J connectivity index is 0.00000420. The van der Waals surface area contributed by atoms with Gasteiger partial charge in [0.25, 0.3) is 5.91 Å². The third-order valence-corrected chi connectivity index (χ3v) is 4.91. The Morgan fingerprint density at radius 3 is 2.72 bits per heavy atom. The molecular formula is C21H31IN4O2S. The molecule has 0 saturated heterocycles. The second-order valence-corrected chi connectivity index (χ2v) is 7.54. The molecular weight excluding hydrogens is 499 g/mol. The predicted octanol–water partition coefficient (Wildman–Crippen LogP) is 3.69. The summed E-state index contributed by atoms with van der Waals surface area (Å²) in [7, 11) is 3.43. The minimum atomic E-state index is -0.0678. The van der Waals surface area contributed by atoms with Crippen molar-refractivity contribution in [2.45, 2.75) is 26.3 Å². The number of amides is 1. The van der Waals surface area contributed by atoms with Crippen molar-refractivity contribution in [2.75, 3.05) is 33.8 Å². The molecule has 8 heteroatoms. The van der Waals surface area contributed by atoms with Crippen molar-refractivity contribution in [2.24, 2.45) is 4.99 Å². The highest BCUT2D eigenvalue weighted by atomic mass is 127. The van der Waals surface area contributed by atoms with E-state index in [4.69, 9.17) is 4.74 Å². The molecule has 1 atom stereocenters. The molecule has 0 bridgehead atoms. The van der Waals surface area contributed by atoms with Gasteiger partial charge in [0.1, 0.15) is 5.75 Å². The first kappa shape index (κ1) is 25.2. The highest BCUT2D eigenvalue weighted by Gasteiger charge is 2.08. The number of carbonyl (C=O) groups is 1. The molecule has 0 spiro atoms. The summed E-state index contributed by atoms with van der Waals surface area (Å²) >= 11 is 1.72. The summed E-state index contributed by atoms with van der Waals surface area (Å²) in [6.45, 7) is 6.43. The van der Waals surface area contributed by atoms with E-state index in [1.54, 1.807) is 25.4 Å². The maximum absolute atomic E-state index is 11.7. The molecule has 0 fully saturated rings. The highest BCUT2D eigenvalue weighted by Crippen LogP contribution is 2.17. The maximum Gasteiger partial charge on any atom is 0.259 e. The number of nitrogens with zero attached hydrogens (tertiary/aromatic N) is 2. The second kappa shape index (κ2) is 13.4. The number of carbonyl (C=O) groups excluding carboxylic acids is 1. The van der Waals surface area contributed by atoms with E-state index in [0.717, 1.165) is 24.6 Å². The molecule has 0 aliphatic rings. The molecule has 0 aliphatic carbocycles. The molecule has 1 unspecified atom stereocenters. The first-order valence-electron chi connectivity index (χ1n) is 9.45. The van der Waals surface area contributed by atoms with E-state index in [-0.39, 0.29) is 36.5 Å². The van der Waals surface area contributed by atoms with Crippen LogP contribution in [0.4, 0.5) is 0 Å². The van der Waals surface area contributed by atoms with Crippen LogP contribution in [0.15, 0.2) is 46.1 Å². The van der Waals surface area contributed by atoms with E-state index in [9.17, 15) is 4.79 Å². The van der Waals surface area contributed by atoms with Crippen LogP contribution in [0.2, 0.25) is 0 Å². The zero-order valence-electron chi connectivity index (χ0n) is 17.5. The number of ether oxygens (including phenoxy) is 1. The number of guanidine groups is 1. The number of benzene rings is 1. The fourth-order valence-corrected chi connectivity index (χ4v) is 3.23. The van der Waals surface area contributed by atoms with E-state index >= 15 is 0 Å². The third kappa shape index (κ3) is 9.03. The van der Waals surface area contributed by atoms with Gasteiger partial charge in [-0.05, 0) is 52.9 Å². The molecule has 29 heavy (non-hydrogen) atoms. The van der Waals surface area contributed by atoms with Crippen molar-refractivity contribution < 1.29 is 9.53 Å². The van der Waals surface area contributed by atoms with Crippen LogP contribution in [-0.2, 0) is 11.3 Å². The fraction of sp³-hybridized carbons (Fsp3) is 0.429. The quantitative estimate of drug-likeness (QED) is 0.295. The first-order chi connectivity index (χ1) is 13.5. The van der Waals surface area contributed by atoms with Crippen LogP contribution >= 0.6 is 35.3 Å². The first-order valence-corrected chi connectivity index (χ1v) is 10.4. The lowest BCUT2D eigenvalue weighted by atomic mass is 10.1. The molecule has 0 saturated carbocycles. The van der Waals surface area contributed by atoms with Crippen molar-refractivity contribution >= 4 is 47.2 Å². The van der Waals surface area contributed by atoms with Gasteiger partial charge in [-0.1, -0.05) is 19.1 Å². The van der Waals surface area contributed by atoms with Crippen molar-refractivity contribution in [3.63, 3.8) is 0 Å². The van der Waals surface area contributed by atoms with Crippen molar-refractivity contribution in [3.05, 3.63) is 52.2 Å². The van der Waals surface area contributed by atoms with Crippen molar-refractivity contribution in [1.29, 1.82) is 0 Å². The van der Waals surface area contributed by atoms with Crippen LogP contribution in [0.25, 0.3) is 0 Å².